The summed E-state index contributed by atoms with van der Waals surface area (Å²) in [5.74, 6) is -0.214. The molecule has 0 bridgehead atoms. The topological polar surface area (TPSA) is 66.4 Å². The predicted molar refractivity (Wildman–Crippen MR) is 60.5 cm³/mol. The normalized spacial score (nSPS) is 10.6. The molecule has 1 rings (SSSR count). The van der Waals surface area contributed by atoms with Crippen LogP contribution < -0.4 is 5.32 Å². The lowest BCUT2D eigenvalue weighted by atomic mass is 10.1. The largest absolute Gasteiger partial charge is 0.478 e. The van der Waals surface area contributed by atoms with Crippen molar-refractivity contribution in [2.24, 2.45) is 0 Å². The molecule has 0 saturated carbocycles. The lowest BCUT2D eigenvalue weighted by Gasteiger charge is -2.12. The van der Waals surface area contributed by atoms with E-state index in [1.54, 1.807) is 0 Å². The molecule has 4 nitrogen and oxygen atoms in total. The summed E-state index contributed by atoms with van der Waals surface area (Å²) in [6.07, 6.45) is -0.129. The van der Waals surface area contributed by atoms with Crippen LogP contribution in [-0.2, 0) is 11.0 Å². The molecule has 0 aliphatic rings. The van der Waals surface area contributed by atoms with Crippen molar-refractivity contribution in [3.05, 3.63) is 29.3 Å². The monoisotopic (exact) mass is 271 g/mol. The first-order chi connectivity index (χ1) is 8.75. The first-order valence-corrected chi connectivity index (χ1v) is 4.93. The number of hydrogen-bond donors (Lipinski definition) is 2. The number of nitrogens with one attached hydrogen (secondary N) is 1. The van der Waals surface area contributed by atoms with Crippen molar-refractivity contribution < 1.29 is 27.9 Å². The predicted octanol–water partition coefficient (Wildman–Crippen LogP) is 2.37. The molecule has 7 heteroatoms. The molecule has 1 aromatic carbocycles. The average molecular weight is 271 g/mol. The lowest BCUT2D eigenvalue weighted by molar-refractivity contribution is -0.137. The van der Waals surface area contributed by atoms with Crippen molar-refractivity contribution >= 4 is 17.6 Å². The number of hydrogen-bond acceptors (Lipinski definition) is 2. The van der Waals surface area contributed by atoms with Crippen LogP contribution in [0.4, 0.5) is 18.9 Å². The number of carbonyl (C=O) groups excluding carboxylic acids is 1. The molecule has 0 aliphatic carbocycles. The fraction of sp³-hybridized carbons (Fsp3) is 0.167. The molecule has 2 N–H and O–H groups in total. The van der Waals surface area contributed by atoms with Gasteiger partial charge in [-0.2, -0.15) is 13.2 Å². The quantitative estimate of drug-likeness (QED) is 0.829. The van der Waals surface area contributed by atoms with E-state index in [1.165, 1.54) is 0 Å². The number of anilines is 1. The Bertz CT molecular complexity index is 558. The molecule has 0 atom stereocenters. The summed E-state index contributed by atoms with van der Waals surface area (Å²) in [4.78, 5) is 22.1. The van der Waals surface area contributed by atoms with Gasteiger partial charge in [0.15, 0.2) is 0 Å². The Labute approximate surface area is 106 Å². The lowest BCUT2D eigenvalue weighted by Crippen LogP contribution is -2.15. The van der Waals surface area contributed by atoms with Crippen LogP contribution in [0.2, 0.25) is 0 Å². The molecule has 0 aromatic heterocycles. The Balaban J connectivity index is 3.21. The van der Waals surface area contributed by atoms with Crippen LogP contribution in [0.15, 0.2) is 18.2 Å². The number of alkyl halides is 3. The second kappa shape index (κ2) is 5.44. The second-order valence-corrected chi connectivity index (χ2v) is 3.49. The zero-order valence-electron chi connectivity index (χ0n) is 9.41. The van der Waals surface area contributed by atoms with E-state index in [2.05, 4.69) is 0 Å². The van der Waals surface area contributed by atoms with E-state index in [0.717, 1.165) is 6.07 Å². The van der Waals surface area contributed by atoms with Gasteiger partial charge < -0.3 is 10.4 Å². The van der Waals surface area contributed by atoms with Gasteiger partial charge in [-0.05, 0) is 18.2 Å². The van der Waals surface area contributed by atoms with Gasteiger partial charge in [-0.15, -0.1) is 6.42 Å². The van der Waals surface area contributed by atoms with Crippen molar-refractivity contribution in [2.75, 3.05) is 5.32 Å². The summed E-state index contributed by atoms with van der Waals surface area (Å²) in [5, 5.41) is 10.9. The van der Waals surface area contributed by atoms with Crippen LogP contribution in [0.3, 0.4) is 0 Å². The van der Waals surface area contributed by atoms with Gasteiger partial charge in [-0.3, -0.25) is 4.79 Å². The minimum absolute atomic E-state index is 0.366. The molecular weight excluding hydrogens is 263 g/mol. The van der Waals surface area contributed by atoms with Gasteiger partial charge >= 0.3 is 12.1 Å². The Morgan fingerprint density at radius 3 is 2.47 bits per heavy atom. The van der Waals surface area contributed by atoms with Crippen LogP contribution in [-0.4, -0.2) is 17.0 Å². The summed E-state index contributed by atoms with van der Waals surface area (Å²) in [6, 6.07) is 1.95. The van der Waals surface area contributed by atoms with Crippen molar-refractivity contribution in [3.8, 4) is 12.3 Å². The van der Waals surface area contributed by atoms with E-state index in [0.29, 0.717) is 12.1 Å². The molecule has 19 heavy (non-hydrogen) atoms. The Kier molecular flexibility index (Phi) is 4.17. The summed E-state index contributed by atoms with van der Waals surface area (Å²) < 4.78 is 37.5. The van der Waals surface area contributed by atoms with Crippen LogP contribution >= 0.6 is 0 Å². The number of halogens is 3. The standard InChI is InChI=1S/C12H8F3NO3/c1-2-3-10(17)16-9-6-7(12(13,14)15)4-5-8(9)11(18)19/h1,4-6H,3H2,(H,16,17)(H,18,19). The van der Waals surface area contributed by atoms with Crippen molar-refractivity contribution in [1.82, 2.24) is 0 Å². The number of amides is 1. The van der Waals surface area contributed by atoms with E-state index >= 15 is 0 Å². The Morgan fingerprint density at radius 2 is 2.00 bits per heavy atom. The van der Waals surface area contributed by atoms with Crippen molar-refractivity contribution in [1.29, 1.82) is 0 Å². The molecule has 1 amide bonds. The van der Waals surface area contributed by atoms with E-state index in [-0.39, 0.29) is 6.42 Å². The van der Waals surface area contributed by atoms with E-state index in [1.807, 2.05) is 11.2 Å². The summed E-state index contributed by atoms with van der Waals surface area (Å²) >= 11 is 0. The smallest absolute Gasteiger partial charge is 0.416 e. The zero-order valence-corrected chi connectivity index (χ0v) is 9.41. The highest BCUT2D eigenvalue weighted by molar-refractivity contribution is 6.01. The van der Waals surface area contributed by atoms with Crippen molar-refractivity contribution in [2.45, 2.75) is 12.6 Å². The van der Waals surface area contributed by atoms with Gasteiger partial charge in [0.25, 0.3) is 0 Å². The highest BCUT2D eigenvalue weighted by atomic mass is 19.4. The highest BCUT2D eigenvalue weighted by Crippen LogP contribution is 2.32. The maximum absolute atomic E-state index is 12.5. The van der Waals surface area contributed by atoms with Gasteiger partial charge in [0.05, 0.1) is 23.2 Å². The fourth-order valence-corrected chi connectivity index (χ4v) is 1.30. The number of terminal acetylenes is 1. The maximum atomic E-state index is 12.5. The fourth-order valence-electron chi connectivity index (χ4n) is 1.30. The second-order valence-electron chi connectivity index (χ2n) is 3.49. The number of benzene rings is 1. The number of carboxylic acid groups (broad SMARTS) is 1. The molecule has 0 radical (unpaired) electrons. The van der Waals surface area contributed by atoms with Gasteiger partial charge in [0, 0.05) is 0 Å². The van der Waals surface area contributed by atoms with Gasteiger partial charge in [0.1, 0.15) is 0 Å². The number of aromatic carboxylic acids is 1. The third-order valence-electron chi connectivity index (χ3n) is 2.11. The third kappa shape index (κ3) is 3.74. The molecule has 0 spiro atoms. The highest BCUT2D eigenvalue weighted by Gasteiger charge is 2.31. The number of carbonyl (C=O) groups is 2. The van der Waals surface area contributed by atoms with E-state index in [4.69, 9.17) is 11.5 Å². The van der Waals surface area contributed by atoms with E-state index in [9.17, 15) is 22.8 Å². The summed E-state index contributed by atoms with van der Waals surface area (Å²) in [7, 11) is 0. The zero-order chi connectivity index (χ0) is 14.6. The molecule has 0 heterocycles. The molecule has 0 unspecified atom stereocenters. The van der Waals surface area contributed by atoms with Crippen molar-refractivity contribution in [3.63, 3.8) is 0 Å². The number of rotatable bonds is 3. The Morgan fingerprint density at radius 1 is 1.37 bits per heavy atom. The van der Waals surface area contributed by atoms with E-state index < -0.39 is 34.9 Å². The van der Waals surface area contributed by atoms with Crippen LogP contribution in [0.1, 0.15) is 22.3 Å². The molecule has 1 aromatic rings. The first-order valence-electron chi connectivity index (χ1n) is 4.93. The molecule has 0 fully saturated rings. The minimum Gasteiger partial charge on any atom is -0.478 e. The Hall–Kier alpha value is -2.49. The molecule has 0 saturated heterocycles. The van der Waals surface area contributed by atoms with Gasteiger partial charge in [0.2, 0.25) is 5.91 Å². The van der Waals surface area contributed by atoms with Crippen LogP contribution in [0, 0.1) is 12.3 Å². The average Bonchev–Trinajstić information content (AvgIpc) is 2.27. The SMILES string of the molecule is C#CCC(=O)Nc1cc(C(F)(F)F)ccc1C(=O)O. The van der Waals surface area contributed by atoms with Crippen LogP contribution in [0.5, 0.6) is 0 Å². The summed E-state index contributed by atoms with van der Waals surface area (Å²) in [6.45, 7) is 0. The summed E-state index contributed by atoms with van der Waals surface area (Å²) in [5.41, 5.74) is -1.95. The number of carboxylic acids is 1. The molecule has 100 valence electrons. The third-order valence-corrected chi connectivity index (χ3v) is 2.11. The molecular formula is C12H8F3NO3. The van der Waals surface area contributed by atoms with Gasteiger partial charge in [-0.1, -0.05) is 5.92 Å². The first kappa shape index (κ1) is 14.6. The molecule has 0 aliphatic heterocycles. The maximum Gasteiger partial charge on any atom is 0.416 e. The minimum atomic E-state index is -4.64. The van der Waals surface area contributed by atoms with Crippen LogP contribution in [0.25, 0.3) is 0 Å². The van der Waals surface area contributed by atoms with Gasteiger partial charge in [-0.25, -0.2) is 4.79 Å².